The Balaban J connectivity index is 4.74. The molecule has 0 atom stereocenters. The number of hydrogen-bond donors (Lipinski definition) is 0. The largest absolute Gasteiger partial charge is 0.544 e. The summed E-state index contributed by atoms with van der Waals surface area (Å²) in [5.41, 5.74) is 1.01. The van der Waals surface area contributed by atoms with E-state index in [1.165, 1.54) is 0 Å². The SMILES string of the molecule is C=C(O[Si](C)(C)C(C)(C)C)/C(C)=C/C#CC. The first kappa shape index (κ1) is 15.1. The quantitative estimate of drug-likeness (QED) is 0.303. The molecule has 0 fully saturated rings. The Morgan fingerprint density at radius 2 is 1.81 bits per heavy atom. The minimum Gasteiger partial charge on any atom is -0.544 e. The summed E-state index contributed by atoms with van der Waals surface area (Å²) in [5.74, 6) is 6.51. The zero-order valence-electron chi connectivity index (χ0n) is 11.7. The summed E-state index contributed by atoms with van der Waals surface area (Å²) in [7, 11) is -1.76. The van der Waals surface area contributed by atoms with E-state index in [0.717, 1.165) is 11.3 Å². The molecule has 0 aliphatic carbocycles. The van der Waals surface area contributed by atoms with Gasteiger partial charge in [-0.1, -0.05) is 33.3 Å². The molecule has 0 saturated heterocycles. The molecule has 0 N–H and O–H groups in total. The highest BCUT2D eigenvalue weighted by molar-refractivity contribution is 6.74. The van der Waals surface area contributed by atoms with Crippen molar-refractivity contribution in [2.45, 2.75) is 52.8 Å². The first-order chi connectivity index (χ1) is 7.12. The normalized spacial score (nSPS) is 12.8. The van der Waals surface area contributed by atoms with E-state index in [1.807, 2.05) is 19.9 Å². The van der Waals surface area contributed by atoms with E-state index in [-0.39, 0.29) is 5.04 Å². The minimum atomic E-state index is -1.76. The predicted molar refractivity (Wildman–Crippen MR) is 74.6 cm³/mol. The van der Waals surface area contributed by atoms with Gasteiger partial charge in [0.1, 0.15) is 0 Å². The maximum Gasteiger partial charge on any atom is 0.250 e. The van der Waals surface area contributed by atoms with E-state index in [1.54, 1.807) is 0 Å². The Labute approximate surface area is 102 Å². The van der Waals surface area contributed by atoms with Crippen LogP contribution in [-0.2, 0) is 4.43 Å². The fourth-order valence-corrected chi connectivity index (χ4v) is 1.89. The van der Waals surface area contributed by atoms with Crippen molar-refractivity contribution in [3.05, 3.63) is 24.0 Å². The zero-order chi connectivity index (χ0) is 13.0. The Kier molecular flexibility index (Phi) is 5.09. The minimum absolute atomic E-state index is 0.201. The van der Waals surface area contributed by atoms with Crippen LogP contribution in [-0.4, -0.2) is 8.32 Å². The Hall–Kier alpha value is -0.943. The first-order valence-corrected chi connectivity index (χ1v) is 8.50. The smallest absolute Gasteiger partial charge is 0.250 e. The Bertz CT molecular complexity index is 345. The summed E-state index contributed by atoms with van der Waals surface area (Å²) in [6, 6.07) is 0. The van der Waals surface area contributed by atoms with E-state index < -0.39 is 8.32 Å². The molecule has 0 amide bonds. The summed E-state index contributed by atoms with van der Waals surface area (Å²) >= 11 is 0. The van der Waals surface area contributed by atoms with Crippen molar-refractivity contribution in [2.24, 2.45) is 0 Å². The van der Waals surface area contributed by atoms with Gasteiger partial charge in [0.25, 0.3) is 0 Å². The van der Waals surface area contributed by atoms with Crippen molar-refractivity contribution >= 4 is 8.32 Å². The van der Waals surface area contributed by atoms with Crippen LogP contribution in [0.15, 0.2) is 24.0 Å². The topological polar surface area (TPSA) is 9.23 Å². The molecule has 0 bridgehead atoms. The second-order valence-corrected chi connectivity index (χ2v) is 10.2. The number of rotatable bonds is 3. The summed E-state index contributed by atoms with van der Waals surface area (Å²) in [6.07, 6.45) is 1.86. The zero-order valence-corrected chi connectivity index (χ0v) is 12.7. The highest BCUT2D eigenvalue weighted by Gasteiger charge is 2.39. The molecular formula is C14H24OSi. The van der Waals surface area contributed by atoms with Crippen LogP contribution in [0.2, 0.25) is 18.1 Å². The van der Waals surface area contributed by atoms with Crippen molar-refractivity contribution in [1.82, 2.24) is 0 Å². The van der Waals surface area contributed by atoms with E-state index in [4.69, 9.17) is 4.43 Å². The lowest BCUT2D eigenvalue weighted by atomic mass is 10.2. The molecule has 0 aliphatic rings. The number of allylic oxidation sites excluding steroid dienone is 2. The highest BCUT2D eigenvalue weighted by atomic mass is 28.4. The van der Waals surface area contributed by atoms with Crippen LogP contribution < -0.4 is 0 Å². The molecule has 0 saturated carbocycles. The molecule has 0 rings (SSSR count). The predicted octanol–water partition coefficient (Wildman–Crippen LogP) is 4.49. The molecule has 0 spiro atoms. The fourth-order valence-electron chi connectivity index (χ4n) is 0.803. The second-order valence-electron chi connectivity index (χ2n) is 5.51. The van der Waals surface area contributed by atoms with Gasteiger partial charge in [-0.15, -0.1) is 5.92 Å². The molecule has 16 heavy (non-hydrogen) atoms. The molecule has 0 unspecified atom stereocenters. The molecule has 0 aromatic heterocycles. The maximum absolute atomic E-state index is 6.07. The maximum atomic E-state index is 6.07. The summed E-state index contributed by atoms with van der Waals surface area (Å²) in [5, 5.41) is 0.201. The van der Waals surface area contributed by atoms with Crippen LogP contribution in [0, 0.1) is 11.8 Å². The lowest BCUT2D eigenvalue weighted by molar-refractivity contribution is 0.395. The lowest BCUT2D eigenvalue weighted by Gasteiger charge is -2.37. The Morgan fingerprint density at radius 3 is 2.19 bits per heavy atom. The van der Waals surface area contributed by atoms with Gasteiger partial charge >= 0.3 is 0 Å². The molecule has 1 nitrogen and oxygen atoms in total. The van der Waals surface area contributed by atoms with Gasteiger partial charge in [-0.25, -0.2) is 0 Å². The van der Waals surface area contributed by atoms with Gasteiger partial charge in [-0.3, -0.25) is 0 Å². The first-order valence-electron chi connectivity index (χ1n) is 5.59. The monoisotopic (exact) mass is 236 g/mol. The standard InChI is InChI=1S/C14H24OSi/c1-9-10-11-12(2)13(3)15-16(7,8)14(4,5)6/h11H,3H2,1-2,4-8H3/b12-11+. The van der Waals surface area contributed by atoms with E-state index in [0.29, 0.717) is 0 Å². The fraction of sp³-hybridized carbons (Fsp3) is 0.571. The van der Waals surface area contributed by atoms with Crippen molar-refractivity contribution < 1.29 is 4.43 Å². The molecule has 0 heterocycles. The van der Waals surface area contributed by atoms with Gasteiger partial charge in [-0.05, 0) is 43.6 Å². The highest BCUT2D eigenvalue weighted by Crippen LogP contribution is 2.38. The molecule has 0 aromatic rings. The van der Waals surface area contributed by atoms with E-state index >= 15 is 0 Å². The van der Waals surface area contributed by atoms with Gasteiger partial charge in [0.05, 0.1) is 5.76 Å². The summed E-state index contributed by atoms with van der Waals surface area (Å²) in [4.78, 5) is 0. The molecule has 0 aliphatic heterocycles. The van der Waals surface area contributed by atoms with Gasteiger partial charge < -0.3 is 4.43 Å². The summed E-state index contributed by atoms with van der Waals surface area (Å²) < 4.78 is 6.07. The molecule has 90 valence electrons. The number of hydrogen-bond acceptors (Lipinski definition) is 1. The molecule has 2 heteroatoms. The van der Waals surface area contributed by atoms with Crippen LogP contribution in [0.5, 0.6) is 0 Å². The third-order valence-corrected chi connectivity index (χ3v) is 7.43. The lowest BCUT2D eigenvalue weighted by Crippen LogP contribution is -2.40. The summed E-state index contributed by atoms with van der Waals surface area (Å²) in [6.45, 7) is 18.9. The van der Waals surface area contributed by atoms with Crippen molar-refractivity contribution in [2.75, 3.05) is 0 Å². The molecule has 0 radical (unpaired) electrons. The second kappa shape index (κ2) is 5.40. The van der Waals surface area contributed by atoms with Crippen molar-refractivity contribution in [1.29, 1.82) is 0 Å². The molecular weight excluding hydrogens is 212 g/mol. The average Bonchev–Trinajstić information content (AvgIpc) is 2.11. The van der Waals surface area contributed by atoms with E-state index in [9.17, 15) is 0 Å². The third-order valence-electron chi connectivity index (χ3n) is 3.06. The van der Waals surface area contributed by atoms with Crippen LogP contribution in [0.3, 0.4) is 0 Å². The van der Waals surface area contributed by atoms with Crippen LogP contribution in [0.25, 0.3) is 0 Å². The van der Waals surface area contributed by atoms with Crippen LogP contribution in [0.1, 0.15) is 34.6 Å². The Morgan fingerprint density at radius 1 is 1.31 bits per heavy atom. The van der Waals surface area contributed by atoms with Gasteiger partial charge in [0.2, 0.25) is 8.32 Å². The third kappa shape index (κ3) is 4.28. The van der Waals surface area contributed by atoms with Crippen LogP contribution in [0.4, 0.5) is 0 Å². The molecule has 0 aromatic carbocycles. The van der Waals surface area contributed by atoms with E-state index in [2.05, 4.69) is 52.3 Å². The van der Waals surface area contributed by atoms with Crippen molar-refractivity contribution in [3.63, 3.8) is 0 Å². The average molecular weight is 236 g/mol. The van der Waals surface area contributed by atoms with Gasteiger partial charge in [-0.2, -0.15) is 0 Å². The van der Waals surface area contributed by atoms with Gasteiger partial charge in [0.15, 0.2) is 0 Å². The van der Waals surface area contributed by atoms with Crippen molar-refractivity contribution in [3.8, 4) is 11.8 Å². The van der Waals surface area contributed by atoms with Gasteiger partial charge in [0, 0.05) is 0 Å². The van der Waals surface area contributed by atoms with Crippen LogP contribution >= 0.6 is 0 Å².